The minimum Gasteiger partial charge on any atom is -0.497 e. The smallest absolute Gasteiger partial charge is 0.295 e. The van der Waals surface area contributed by atoms with E-state index in [0.29, 0.717) is 29.4 Å². The van der Waals surface area contributed by atoms with Crippen LogP contribution >= 0.6 is 0 Å². The van der Waals surface area contributed by atoms with Gasteiger partial charge in [0.15, 0.2) is 5.43 Å². The lowest BCUT2D eigenvalue weighted by atomic mass is 9.98. The van der Waals surface area contributed by atoms with Gasteiger partial charge >= 0.3 is 0 Å². The Balaban J connectivity index is 1.72. The summed E-state index contributed by atoms with van der Waals surface area (Å²) in [6.07, 6.45) is 1.91. The summed E-state index contributed by atoms with van der Waals surface area (Å²) in [6, 6.07) is 17.3. The van der Waals surface area contributed by atoms with Gasteiger partial charge in [-0.1, -0.05) is 31.5 Å². The minimum absolute atomic E-state index is 0.0563. The molecule has 7 heteroatoms. The third kappa shape index (κ3) is 4.03. The summed E-state index contributed by atoms with van der Waals surface area (Å²) in [5, 5.41) is 0.0874. The zero-order chi connectivity index (χ0) is 24.5. The summed E-state index contributed by atoms with van der Waals surface area (Å²) in [5.74, 6) is 0.131. The van der Waals surface area contributed by atoms with Crippen LogP contribution in [-0.4, -0.2) is 19.6 Å². The maximum absolute atomic E-state index is 14.0. The molecule has 0 N–H and O–H groups in total. The van der Waals surface area contributed by atoms with Crippen LogP contribution in [0.15, 0.2) is 75.9 Å². The number of benzene rings is 3. The van der Waals surface area contributed by atoms with E-state index in [9.17, 15) is 14.0 Å². The molecule has 4 aromatic rings. The molecule has 0 fully saturated rings. The van der Waals surface area contributed by atoms with Crippen molar-refractivity contribution >= 4 is 22.6 Å². The molecule has 1 unspecified atom stereocenters. The molecule has 1 atom stereocenters. The molecule has 0 aliphatic carbocycles. The predicted molar refractivity (Wildman–Crippen MR) is 131 cm³/mol. The number of carbonyl (C=O) groups is 1. The predicted octanol–water partition coefficient (Wildman–Crippen LogP) is 5.87. The number of hydrogen-bond acceptors (Lipinski definition) is 5. The molecule has 178 valence electrons. The van der Waals surface area contributed by atoms with Crippen LogP contribution in [0, 0.1) is 5.82 Å². The van der Waals surface area contributed by atoms with Crippen molar-refractivity contribution in [2.24, 2.45) is 0 Å². The van der Waals surface area contributed by atoms with Crippen LogP contribution in [0.4, 0.5) is 10.1 Å². The fraction of sp³-hybridized carbons (Fsp3) is 0.214. The Kier molecular flexibility index (Phi) is 5.99. The van der Waals surface area contributed by atoms with Gasteiger partial charge in [0, 0.05) is 11.8 Å². The second kappa shape index (κ2) is 9.25. The molecule has 0 bridgehead atoms. The quantitative estimate of drug-likeness (QED) is 0.314. The topological polar surface area (TPSA) is 69.0 Å². The molecule has 5 rings (SSSR count). The Hall–Kier alpha value is -4.13. The van der Waals surface area contributed by atoms with Crippen LogP contribution in [-0.2, 0) is 0 Å². The molecule has 0 saturated heterocycles. The van der Waals surface area contributed by atoms with Gasteiger partial charge in [-0.25, -0.2) is 4.39 Å². The van der Waals surface area contributed by atoms with E-state index in [-0.39, 0.29) is 22.3 Å². The molecule has 1 aromatic heterocycles. The van der Waals surface area contributed by atoms with Crippen molar-refractivity contribution in [2.75, 3.05) is 18.6 Å². The summed E-state index contributed by atoms with van der Waals surface area (Å²) >= 11 is 0. The number of anilines is 1. The van der Waals surface area contributed by atoms with Crippen LogP contribution in [0.2, 0.25) is 0 Å². The fourth-order valence-electron chi connectivity index (χ4n) is 4.40. The van der Waals surface area contributed by atoms with E-state index < -0.39 is 23.2 Å². The van der Waals surface area contributed by atoms with Gasteiger partial charge in [0.25, 0.3) is 5.91 Å². The third-order valence-corrected chi connectivity index (χ3v) is 6.10. The number of unbranched alkanes of at least 4 members (excludes halogenated alkanes) is 1. The summed E-state index contributed by atoms with van der Waals surface area (Å²) in [4.78, 5) is 28.8. The largest absolute Gasteiger partial charge is 0.497 e. The molecule has 6 nitrogen and oxygen atoms in total. The molecule has 1 aliphatic rings. The van der Waals surface area contributed by atoms with E-state index in [2.05, 4.69) is 6.92 Å². The molecule has 0 radical (unpaired) electrons. The number of halogens is 1. The summed E-state index contributed by atoms with van der Waals surface area (Å²) in [7, 11) is 1.54. The number of amides is 1. The second-order valence-corrected chi connectivity index (χ2v) is 8.37. The summed E-state index contributed by atoms with van der Waals surface area (Å²) < 4.78 is 31.1. The van der Waals surface area contributed by atoms with Crippen LogP contribution in [0.3, 0.4) is 0 Å². The Morgan fingerprint density at radius 2 is 1.80 bits per heavy atom. The van der Waals surface area contributed by atoms with E-state index >= 15 is 0 Å². The average molecular weight is 474 g/mol. The maximum atomic E-state index is 14.0. The van der Waals surface area contributed by atoms with E-state index in [4.69, 9.17) is 13.9 Å². The Bertz CT molecular complexity index is 1480. The van der Waals surface area contributed by atoms with Crippen molar-refractivity contribution < 1.29 is 23.1 Å². The van der Waals surface area contributed by atoms with Gasteiger partial charge in [-0.15, -0.1) is 0 Å². The van der Waals surface area contributed by atoms with E-state index in [1.807, 2.05) is 24.3 Å². The first-order valence-electron chi connectivity index (χ1n) is 11.5. The van der Waals surface area contributed by atoms with Crippen molar-refractivity contribution in [2.45, 2.75) is 25.8 Å². The Morgan fingerprint density at radius 1 is 1.00 bits per heavy atom. The first-order chi connectivity index (χ1) is 17.0. The lowest BCUT2D eigenvalue weighted by Gasteiger charge is -2.26. The monoisotopic (exact) mass is 473 g/mol. The molecular formula is C28H24FNO5. The second-order valence-electron chi connectivity index (χ2n) is 8.37. The van der Waals surface area contributed by atoms with Crippen molar-refractivity contribution in [3.63, 3.8) is 0 Å². The highest BCUT2D eigenvalue weighted by Gasteiger charge is 2.44. The number of ether oxygens (including phenoxy) is 2. The number of hydrogen-bond donors (Lipinski definition) is 0. The molecule has 1 aliphatic heterocycles. The molecule has 3 aromatic carbocycles. The van der Waals surface area contributed by atoms with E-state index in [1.165, 1.54) is 17.0 Å². The normalized spacial score (nSPS) is 14.9. The highest BCUT2D eigenvalue weighted by Crippen LogP contribution is 2.42. The average Bonchev–Trinajstić information content (AvgIpc) is 3.17. The van der Waals surface area contributed by atoms with Crippen molar-refractivity contribution in [1.82, 2.24) is 0 Å². The fourth-order valence-corrected chi connectivity index (χ4v) is 4.40. The molecule has 35 heavy (non-hydrogen) atoms. The number of nitrogens with zero attached hydrogens (tertiary/aromatic N) is 1. The number of carbonyl (C=O) groups excluding carboxylic acids is 1. The van der Waals surface area contributed by atoms with E-state index in [1.54, 1.807) is 31.4 Å². The summed E-state index contributed by atoms with van der Waals surface area (Å²) in [6.45, 7) is 2.64. The molecule has 1 amide bonds. The third-order valence-electron chi connectivity index (χ3n) is 6.10. The van der Waals surface area contributed by atoms with Gasteiger partial charge < -0.3 is 13.9 Å². The van der Waals surface area contributed by atoms with Crippen LogP contribution < -0.4 is 19.8 Å². The lowest BCUT2D eigenvalue weighted by Crippen LogP contribution is -2.29. The van der Waals surface area contributed by atoms with Gasteiger partial charge in [-0.05, 0) is 54.4 Å². The number of rotatable bonds is 7. The maximum Gasteiger partial charge on any atom is 0.295 e. The van der Waals surface area contributed by atoms with Crippen molar-refractivity contribution in [3.8, 4) is 11.5 Å². The molecule has 0 saturated carbocycles. The van der Waals surface area contributed by atoms with Gasteiger partial charge in [-0.2, -0.15) is 0 Å². The summed E-state index contributed by atoms with van der Waals surface area (Å²) in [5.41, 5.74) is 1.10. The highest BCUT2D eigenvalue weighted by molar-refractivity contribution is 6.10. The van der Waals surface area contributed by atoms with Gasteiger partial charge in [0.1, 0.15) is 22.9 Å². The van der Waals surface area contributed by atoms with Gasteiger partial charge in [0.05, 0.1) is 30.7 Å². The van der Waals surface area contributed by atoms with E-state index in [0.717, 1.165) is 18.9 Å². The van der Waals surface area contributed by atoms with Crippen molar-refractivity contribution in [3.05, 3.63) is 99.7 Å². The van der Waals surface area contributed by atoms with Crippen LogP contribution in [0.25, 0.3) is 11.0 Å². The van der Waals surface area contributed by atoms with Crippen molar-refractivity contribution in [1.29, 1.82) is 0 Å². The zero-order valence-corrected chi connectivity index (χ0v) is 19.4. The number of fused-ring (bicyclic) bond motifs is 2. The zero-order valence-electron chi connectivity index (χ0n) is 19.4. The first-order valence-corrected chi connectivity index (χ1v) is 11.5. The standard InChI is InChI=1S/C28H24FNO5/c1-3-4-13-34-21-10-5-7-17(14-21)25-24-26(31)22-15-18(29)11-12-23(22)35-27(24)28(32)30(25)19-8-6-9-20(16-19)33-2/h5-12,14-16,25H,3-4,13H2,1-2H3. The Morgan fingerprint density at radius 3 is 2.60 bits per heavy atom. The molecule has 0 spiro atoms. The molecular weight excluding hydrogens is 449 g/mol. The first kappa shape index (κ1) is 22.7. The van der Waals surface area contributed by atoms with Gasteiger partial charge in [0.2, 0.25) is 5.76 Å². The van der Waals surface area contributed by atoms with Gasteiger partial charge in [-0.3, -0.25) is 14.5 Å². The minimum atomic E-state index is -0.789. The lowest BCUT2D eigenvalue weighted by molar-refractivity contribution is 0.0971. The van der Waals surface area contributed by atoms with Crippen LogP contribution in [0.5, 0.6) is 11.5 Å². The molecule has 2 heterocycles. The SMILES string of the molecule is CCCCOc1cccc(C2c3c(oc4ccc(F)cc4c3=O)C(=O)N2c2cccc(OC)c2)c1. The van der Waals surface area contributed by atoms with Crippen LogP contribution in [0.1, 0.15) is 47.5 Å². The Labute approximate surface area is 201 Å². The number of methoxy groups -OCH3 is 1. The highest BCUT2D eigenvalue weighted by atomic mass is 19.1.